The zero-order chi connectivity index (χ0) is 25.1. The Morgan fingerprint density at radius 1 is 1.03 bits per heavy atom. The van der Waals surface area contributed by atoms with Gasteiger partial charge in [0, 0.05) is 16.0 Å². The van der Waals surface area contributed by atoms with Crippen LogP contribution in [0.15, 0.2) is 82.0 Å². The molecule has 2 aromatic carbocycles. The molecule has 2 aromatic heterocycles. The van der Waals surface area contributed by atoms with Crippen molar-refractivity contribution in [1.29, 1.82) is 0 Å². The largest absolute Gasteiger partial charge is 0.416 e. The first kappa shape index (κ1) is 25.2. The number of para-hydroxylation sites is 1. The third-order valence-electron chi connectivity index (χ3n) is 5.05. The molecule has 0 aliphatic heterocycles. The number of pyridine rings is 1. The number of sulfone groups is 1. The number of alkyl halides is 3. The molecule has 0 saturated heterocycles. The first-order chi connectivity index (χ1) is 16.6. The van der Waals surface area contributed by atoms with Crippen molar-refractivity contribution in [2.75, 3.05) is 11.5 Å². The normalized spacial score (nSPS) is 12.1. The van der Waals surface area contributed by atoms with Gasteiger partial charge >= 0.3 is 6.18 Å². The molecule has 35 heavy (non-hydrogen) atoms. The van der Waals surface area contributed by atoms with Crippen LogP contribution in [0.25, 0.3) is 10.9 Å². The van der Waals surface area contributed by atoms with E-state index in [2.05, 4.69) is 10.3 Å². The van der Waals surface area contributed by atoms with Crippen molar-refractivity contribution < 1.29 is 26.4 Å². The van der Waals surface area contributed by atoms with Crippen LogP contribution >= 0.6 is 23.1 Å². The van der Waals surface area contributed by atoms with Crippen LogP contribution in [0.2, 0.25) is 0 Å². The third-order valence-corrected chi connectivity index (χ3v) is 8.89. The number of halogens is 3. The Morgan fingerprint density at radius 2 is 1.83 bits per heavy atom. The van der Waals surface area contributed by atoms with E-state index in [9.17, 15) is 26.4 Å². The van der Waals surface area contributed by atoms with E-state index in [1.807, 2.05) is 29.6 Å². The van der Waals surface area contributed by atoms with E-state index in [0.717, 1.165) is 40.2 Å². The molecule has 4 aromatic rings. The number of rotatable bonds is 8. The van der Waals surface area contributed by atoms with Gasteiger partial charge in [-0.1, -0.05) is 30.3 Å². The summed E-state index contributed by atoms with van der Waals surface area (Å²) in [6, 6.07) is 16.4. The van der Waals surface area contributed by atoms with Gasteiger partial charge in [0.05, 0.1) is 33.8 Å². The van der Waals surface area contributed by atoms with Crippen molar-refractivity contribution >= 4 is 49.7 Å². The van der Waals surface area contributed by atoms with Gasteiger partial charge in [0.2, 0.25) is 0 Å². The number of nitrogens with one attached hydrogen (secondary N) is 1. The molecule has 11 heteroatoms. The number of thiophene rings is 1. The smallest absolute Gasteiger partial charge is 0.347 e. The lowest BCUT2D eigenvalue weighted by molar-refractivity contribution is -0.137. The summed E-state index contributed by atoms with van der Waals surface area (Å²) in [4.78, 5) is 18.1. The number of aromatic nitrogens is 1. The number of amides is 1. The zero-order valence-corrected chi connectivity index (χ0v) is 20.5. The van der Waals surface area contributed by atoms with Gasteiger partial charge in [0.25, 0.3) is 5.91 Å². The predicted octanol–water partition coefficient (Wildman–Crippen LogP) is 5.81. The maximum absolute atomic E-state index is 13.0. The topological polar surface area (TPSA) is 76.1 Å². The third kappa shape index (κ3) is 6.22. The number of thioether (sulfide) groups is 1. The molecule has 0 saturated carbocycles. The summed E-state index contributed by atoms with van der Waals surface area (Å²) >= 11 is 2.59. The number of carbonyl (C=O) groups is 1. The van der Waals surface area contributed by atoms with Gasteiger partial charge in [-0.25, -0.2) is 13.4 Å². The second-order valence-corrected chi connectivity index (χ2v) is 11.7. The predicted molar refractivity (Wildman–Crippen MR) is 131 cm³/mol. The van der Waals surface area contributed by atoms with Crippen LogP contribution in [0, 0.1) is 0 Å². The van der Waals surface area contributed by atoms with Crippen LogP contribution in [-0.2, 0) is 22.6 Å². The number of carbonyl (C=O) groups excluding carboxylic acids is 1. The van der Waals surface area contributed by atoms with Gasteiger partial charge in [-0.2, -0.15) is 13.2 Å². The molecule has 0 atom stereocenters. The Morgan fingerprint density at radius 3 is 2.57 bits per heavy atom. The summed E-state index contributed by atoms with van der Waals surface area (Å²) in [6.45, 7) is 0.345. The molecule has 4 rings (SSSR count). The van der Waals surface area contributed by atoms with Crippen LogP contribution in [0.4, 0.5) is 13.2 Å². The highest BCUT2D eigenvalue weighted by Crippen LogP contribution is 2.31. The molecule has 0 bridgehead atoms. The standard InChI is InChI=1S/C24H19F3N2O3S3/c25-24(26,27)17-6-3-8-19(14-17)35(31,32)12-11-34-23-20(13-16-5-1-2-9-21(16)29-23)22(30)28-15-18-7-4-10-33-18/h1-10,13-14H,11-12,15H2,(H,28,30). The average Bonchev–Trinajstić information content (AvgIpc) is 3.35. The fourth-order valence-corrected chi connectivity index (χ4v) is 6.63. The SMILES string of the molecule is O=C(NCc1cccs1)c1cc2ccccc2nc1SCCS(=O)(=O)c1cccc(C(F)(F)F)c1. The molecule has 0 spiro atoms. The van der Waals surface area contributed by atoms with Crippen molar-refractivity contribution in [3.8, 4) is 0 Å². The van der Waals surface area contributed by atoms with E-state index in [1.54, 1.807) is 18.2 Å². The lowest BCUT2D eigenvalue weighted by Crippen LogP contribution is -2.23. The van der Waals surface area contributed by atoms with E-state index in [-0.39, 0.29) is 11.7 Å². The molecule has 0 radical (unpaired) electrons. The number of hydrogen-bond donors (Lipinski definition) is 1. The highest BCUT2D eigenvalue weighted by atomic mass is 32.2. The number of fused-ring (bicyclic) bond motifs is 1. The molecule has 0 aliphatic rings. The molecule has 1 amide bonds. The lowest BCUT2D eigenvalue weighted by atomic mass is 10.1. The Bertz CT molecular complexity index is 1450. The Kier molecular flexibility index (Phi) is 7.48. The summed E-state index contributed by atoms with van der Waals surface area (Å²) in [5.74, 6) is -0.751. The molecule has 0 aliphatic carbocycles. The summed E-state index contributed by atoms with van der Waals surface area (Å²) in [7, 11) is -3.98. The Hall–Kier alpha value is -2.89. The minimum Gasteiger partial charge on any atom is -0.347 e. The number of hydrogen-bond acceptors (Lipinski definition) is 6. The molecule has 182 valence electrons. The van der Waals surface area contributed by atoms with Crippen molar-refractivity contribution in [1.82, 2.24) is 10.3 Å². The average molecular weight is 537 g/mol. The van der Waals surface area contributed by atoms with Crippen molar-refractivity contribution in [2.45, 2.75) is 22.6 Å². The maximum atomic E-state index is 13.0. The van der Waals surface area contributed by atoms with E-state index >= 15 is 0 Å². The van der Waals surface area contributed by atoms with Crippen molar-refractivity contribution in [2.24, 2.45) is 0 Å². The second kappa shape index (κ2) is 10.4. The van der Waals surface area contributed by atoms with Crippen LogP contribution in [0.3, 0.4) is 0 Å². The number of benzene rings is 2. The van der Waals surface area contributed by atoms with Gasteiger partial charge in [-0.15, -0.1) is 23.1 Å². The first-order valence-corrected chi connectivity index (χ1v) is 13.9. The van der Waals surface area contributed by atoms with Crippen LogP contribution in [0.5, 0.6) is 0 Å². The van der Waals surface area contributed by atoms with E-state index in [4.69, 9.17) is 0 Å². The van der Waals surface area contributed by atoms with Gasteiger partial charge in [-0.3, -0.25) is 4.79 Å². The highest BCUT2D eigenvalue weighted by molar-refractivity contribution is 8.00. The first-order valence-electron chi connectivity index (χ1n) is 10.4. The van der Waals surface area contributed by atoms with Crippen LogP contribution < -0.4 is 5.32 Å². The summed E-state index contributed by atoms with van der Waals surface area (Å²) in [5, 5.41) is 5.87. The minimum absolute atomic E-state index is 0.00905. The summed E-state index contributed by atoms with van der Waals surface area (Å²) in [6.07, 6.45) is -4.64. The van der Waals surface area contributed by atoms with Crippen LogP contribution in [0.1, 0.15) is 20.8 Å². The van der Waals surface area contributed by atoms with Gasteiger partial charge in [-0.05, 0) is 41.8 Å². The zero-order valence-electron chi connectivity index (χ0n) is 18.1. The van der Waals surface area contributed by atoms with Crippen LogP contribution in [-0.4, -0.2) is 30.8 Å². The van der Waals surface area contributed by atoms with E-state index < -0.39 is 32.2 Å². The highest BCUT2D eigenvalue weighted by Gasteiger charge is 2.31. The molecular weight excluding hydrogens is 517 g/mol. The maximum Gasteiger partial charge on any atom is 0.416 e. The molecule has 1 N–H and O–H groups in total. The Labute approximate surface area is 208 Å². The van der Waals surface area contributed by atoms with Gasteiger partial charge < -0.3 is 5.32 Å². The van der Waals surface area contributed by atoms with Gasteiger partial charge in [0.1, 0.15) is 5.03 Å². The molecular formula is C24H19F3N2O3S3. The lowest BCUT2D eigenvalue weighted by Gasteiger charge is -2.12. The number of nitrogens with zero attached hydrogens (tertiary/aromatic N) is 1. The fourth-order valence-electron chi connectivity index (χ4n) is 3.28. The fraction of sp³-hybridized carbons (Fsp3) is 0.167. The molecule has 0 unspecified atom stereocenters. The van der Waals surface area contributed by atoms with E-state index in [1.165, 1.54) is 11.3 Å². The molecule has 5 nitrogen and oxygen atoms in total. The van der Waals surface area contributed by atoms with Gasteiger partial charge in [0.15, 0.2) is 9.84 Å². The summed E-state index contributed by atoms with van der Waals surface area (Å²) in [5.41, 5.74) is -0.0700. The Balaban J connectivity index is 1.53. The summed E-state index contributed by atoms with van der Waals surface area (Å²) < 4.78 is 64.3. The van der Waals surface area contributed by atoms with Crippen molar-refractivity contribution in [3.05, 3.63) is 88.1 Å². The monoisotopic (exact) mass is 536 g/mol. The quantitative estimate of drug-likeness (QED) is 0.288. The molecule has 2 heterocycles. The second-order valence-electron chi connectivity index (χ2n) is 7.49. The van der Waals surface area contributed by atoms with E-state index in [0.29, 0.717) is 28.7 Å². The van der Waals surface area contributed by atoms with Crippen molar-refractivity contribution in [3.63, 3.8) is 0 Å². The minimum atomic E-state index is -4.64. The molecule has 0 fully saturated rings.